The van der Waals surface area contributed by atoms with E-state index in [1.165, 1.54) is 18.2 Å². The Morgan fingerprint density at radius 1 is 0.943 bits per heavy atom. The average Bonchev–Trinajstić information content (AvgIpc) is 2.86. The van der Waals surface area contributed by atoms with Crippen LogP contribution in [0.5, 0.6) is 0 Å². The lowest BCUT2D eigenvalue weighted by atomic mass is 10.0. The number of pyridine rings is 1. The molecule has 1 heterocycles. The van der Waals surface area contributed by atoms with Gasteiger partial charge < -0.3 is 0 Å². The smallest absolute Gasteiger partial charge is 0.262 e. The van der Waals surface area contributed by atoms with E-state index < -0.39 is 15.8 Å². The first kappa shape index (κ1) is 24.6. The largest absolute Gasteiger partial charge is 0.299 e. The summed E-state index contributed by atoms with van der Waals surface area (Å²) in [7, 11) is -3.97. The minimum Gasteiger partial charge on any atom is -0.299 e. The third kappa shape index (κ3) is 6.32. The van der Waals surface area contributed by atoms with Gasteiger partial charge in [0.25, 0.3) is 10.0 Å². The maximum Gasteiger partial charge on any atom is 0.262 e. The monoisotopic (exact) mass is 508 g/mol. The lowest BCUT2D eigenvalue weighted by Gasteiger charge is -2.13. The van der Waals surface area contributed by atoms with Crippen molar-refractivity contribution in [3.8, 4) is 11.1 Å². The number of Topliss-reactive ketones (excluding diaryl/α,β-unsaturated/α-hetero) is 1. The molecule has 0 aliphatic heterocycles. The van der Waals surface area contributed by atoms with Gasteiger partial charge in [0.2, 0.25) is 0 Å². The van der Waals surface area contributed by atoms with Crippen molar-refractivity contribution in [1.29, 1.82) is 0 Å². The van der Waals surface area contributed by atoms with E-state index >= 15 is 0 Å². The Bertz CT molecular complexity index is 1440. The summed E-state index contributed by atoms with van der Waals surface area (Å²) in [5, 5.41) is -0.0390. The van der Waals surface area contributed by atoms with Crippen LogP contribution in [0, 0.1) is 5.82 Å². The SMILES string of the molecule is O=C(CCc1cccnc1)Cc1ccc(NS(=O)(=O)c2ccccc2-c2ccc(Cl)c(F)c2)cc1. The van der Waals surface area contributed by atoms with E-state index in [0.29, 0.717) is 29.7 Å². The summed E-state index contributed by atoms with van der Waals surface area (Å²) in [5.74, 6) is -0.541. The zero-order valence-electron chi connectivity index (χ0n) is 18.6. The first-order valence-electron chi connectivity index (χ1n) is 10.9. The molecular formula is C27H22ClFN2O3S. The van der Waals surface area contributed by atoms with Gasteiger partial charge in [-0.2, -0.15) is 0 Å². The van der Waals surface area contributed by atoms with Crippen LogP contribution in [-0.4, -0.2) is 19.2 Å². The summed E-state index contributed by atoms with van der Waals surface area (Å²) in [5.41, 5.74) is 2.90. The highest BCUT2D eigenvalue weighted by Crippen LogP contribution is 2.31. The van der Waals surface area contributed by atoms with Gasteiger partial charge in [0.15, 0.2) is 0 Å². The van der Waals surface area contributed by atoms with E-state index in [9.17, 15) is 17.6 Å². The van der Waals surface area contributed by atoms with E-state index in [4.69, 9.17) is 11.6 Å². The molecule has 1 N–H and O–H groups in total. The van der Waals surface area contributed by atoms with Gasteiger partial charge in [-0.05, 0) is 59.5 Å². The molecule has 0 spiro atoms. The molecule has 0 bridgehead atoms. The number of anilines is 1. The summed E-state index contributed by atoms with van der Waals surface area (Å²) in [6.45, 7) is 0. The molecule has 3 aromatic carbocycles. The highest BCUT2D eigenvalue weighted by molar-refractivity contribution is 7.92. The van der Waals surface area contributed by atoms with Crippen LogP contribution < -0.4 is 4.72 Å². The lowest BCUT2D eigenvalue weighted by Crippen LogP contribution is -2.14. The van der Waals surface area contributed by atoms with Crippen molar-refractivity contribution < 1.29 is 17.6 Å². The van der Waals surface area contributed by atoms with Crippen molar-refractivity contribution in [2.75, 3.05) is 4.72 Å². The molecule has 5 nitrogen and oxygen atoms in total. The Balaban J connectivity index is 1.45. The minimum atomic E-state index is -3.97. The number of aryl methyl sites for hydroxylation is 1. The van der Waals surface area contributed by atoms with Crippen molar-refractivity contribution in [2.45, 2.75) is 24.2 Å². The predicted molar refractivity (Wildman–Crippen MR) is 135 cm³/mol. The summed E-state index contributed by atoms with van der Waals surface area (Å²) in [6.07, 6.45) is 4.73. The molecule has 0 radical (unpaired) electrons. The zero-order valence-corrected chi connectivity index (χ0v) is 20.2. The van der Waals surface area contributed by atoms with Crippen molar-refractivity contribution in [3.63, 3.8) is 0 Å². The number of nitrogens with one attached hydrogen (secondary N) is 1. The maximum atomic E-state index is 14.0. The molecule has 0 amide bonds. The zero-order chi connectivity index (χ0) is 24.8. The molecule has 8 heteroatoms. The van der Waals surface area contributed by atoms with Gasteiger partial charge >= 0.3 is 0 Å². The average molecular weight is 509 g/mol. The molecule has 0 fully saturated rings. The fraction of sp³-hybridized carbons (Fsp3) is 0.111. The van der Waals surface area contributed by atoms with Gasteiger partial charge in [-0.15, -0.1) is 0 Å². The van der Waals surface area contributed by atoms with Gasteiger partial charge in [0, 0.05) is 36.5 Å². The molecule has 0 aliphatic rings. The number of carbonyl (C=O) groups is 1. The first-order valence-corrected chi connectivity index (χ1v) is 12.7. The molecule has 4 aromatic rings. The van der Waals surface area contributed by atoms with Crippen molar-refractivity contribution in [3.05, 3.63) is 113 Å². The molecule has 1 aromatic heterocycles. The normalized spacial score (nSPS) is 11.3. The Morgan fingerprint density at radius 2 is 1.71 bits per heavy atom. The number of halogens is 2. The number of nitrogens with zero attached hydrogens (tertiary/aromatic N) is 1. The third-order valence-corrected chi connectivity index (χ3v) is 7.18. The van der Waals surface area contributed by atoms with Crippen molar-refractivity contribution in [1.82, 2.24) is 4.98 Å². The number of hydrogen-bond acceptors (Lipinski definition) is 4. The first-order chi connectivity index (χ1) is 16.8. The van der Waals surface area contributed by atoms with Gasteiger partial charge in [-0.1, -0.05) is 54.1 Å². The van der Waals surface area contributed by atoms with E-state index in [1.54, 1.807) is 60.9 Å². The second-order valence-electron chi connectivity index (χ2n) is 8.00. The summed E-state index contributed by atoms with van der Waals surface area (Å²) >= 11 is 5.77. The molecule has 35 heavy (non-hydrogen) atoms. The second kappa shape index (κ2) is 10.8. The molecular weight excluding hydrogens is 487 g/mol. The lowest BCUT2D eigenvalue weighted by molar-refractivity contribution is -0.118. The van der Waals surface area contributed by atoms with E-state index in [2.05, 4.69) is 9.71 Å². The number of aromatic nitrogens is 1. The van der Waals surface area contributed by atoms with Crippen molar-refractivity contribution >= 4 is 33.1 Å². The highest BCUT2D eigenvalue weighted by Gasteiger charge is 2.20. The Labute approximate surface area is 208 Å². The van der Waals surface area contributed by atoms with Crippen LogP contribution in [0.1, 0.15) is 17.5 Å². The number of rotatable bonds is 9. The Morgan fingerprint density at radius 3 is 2.43 bits per heavy atom. The van der Waals surface area contributed by atoms with E-state index in [0.717, 1.165) is 11.1 Å². The van der Waals surface area contributed by atoms with Crippen molar-refractivity contribution in [2.24, 2.45) is 0 Å². The number of carbonyl (C=O) groups excluding carboxylic acids is 1. The standard InChI is InChI=1S/C27H22ClFN2O3S/c28-25-14-10-21(17-26(25)29)24-5-1-2-6-27(24)35(33,34)31-22-11-7-19(8-12-22)16-23(32)13-9-20-4-3-15-30-18-20/h1-8,10-12,14-15,17-18,31H,9,13,16H2. The van der Waals surface area contributed by atoms with Crippen LogP contribution in [0.15, 0.2) is 96.2 Å². The van der Waals surface area contributed by atoms with Crippen LogP contribution in [-0.2, 0) is 27.7 Å². The highest BCUT2D eigenvalue weighted by atomic mass is 35.5. The van der Waals surface area contributed by atoms with Crippen LogP contribution in [0.25, 0.3) is 11.1 Å². The molecule has 0 aliphatic carbocycles. The van der Waals surface area contributed by atoms with Gasteiger partial charge in [-0.3, -0.25) is 14.5 Å². The minimum absolute atomic E-state index is 0.0105. The Hall–Kier alpha value is -3.55. The fourth-order valence-corrected chi connectivity index (χ4v) is 5.06. The quantitative estimate of drug-likeness (QED) is 0.297. The van der Waals surface area contributed by atoms with E-state index in [-0.39, 0.29) is 22.1 Å². The fourth-order valence-electron chi connectivity index (χ4n) is 3.65. The van der Waals surface area contributed by atoms with Gasteiger partial charge in [0.1, 0.15) is 11.6 Å². The molecule has 0 unspecified atom stereocenters. The van der Waals surface area contributed by atoms with Gasteiger partial charge in [-0.25, -0.2) is 12.8 Å². The third-order valence-electron chi connectivity index (χ3n) is 5.43. The summed E-state index contributed by atoms with van der Waals surface area (Å²) in [4.78, 5) is 16.4. The molecule has 0 saturated heterocycles. The second-order valence-corrected chi connectivity index (χ2v) is 10.1. The van der Waals surface area contributed by atoms with E-state index in [1.807, 2.05) is 12.1 Å². The number of hydrogen-bond donors (Lipinski definition) is 1. The molecule has 178 valence electrons. The Kier molecular flexibility index (Phi) is 7.58. The molecule has 0 atom stereocenters. The predicted octanol–water partition coefficient (Wildman–Crippen LogP) is 6.09. The van der Waals surface area contributed by atoms with Crippen LogP contribution >= 0.6 is 11.6 Å². The topological polar surface area (TPSA) is 76.1 Å². The molecule has 4 rings (SSSR count). The summed E-state index contributed by atoms with van der Waals surface area (Å²) < 4.78 is 42.8. The number of sulfonamides is 1. The summed E-state index contributed by atoms with van der Waals surface area (Å²) in [6, 6.07) is 21.0. The van der Waals surface area contributed by atoms with Crippen LogP contribution in [0.3, 0.4) is 0 Å². The van der Waals surface area contributed by atoms with Crippen LogP contribution in [0.4, 0.5) is 10.1 Å². The maximum absolute atomic E-state index is 14.0. The van der Waals surface area contributed by atoms with Gasteiger partial charge in [0.05, 0.1) is 9.92 Å². The number of benzene rings is 3. The number of ketones is 1. The molecule has 0 saturated carbocycles. The van der Waals surface area contributed by atoms with Crippen LogP contribution in [0.2, 0.25) is 5.02 Å².